The first-order valence-electron chi connectivity index (χ1n) is 8.51. The van der Waals surface area contributed by atoms with E-state index in [0.717, 1.165) is 32.7 Å². The second-order valence-electron chi connectivity index (χ2n) is 6.43. The number of aryl methyl sites for hydroxylation is 3. The number of carbonyl (C=O) groups excluding carboxylic acids is 1. The molecule has 1 N–H and O–H groups in total. The zero-order valence-electron chi connectivity index (χ0n) is 15.7. The van der Waals surface area contributed by atoms with E-state index in [1.54, 1.807) is 0 Å². The van der Waals surface area contributed by atoms with Gasteiger partial charge >= 0.3 is 0 Å². The Morgan fingerprint density at radius 3 is 2.56 bits per heavy atom. The average Bonchev–Trinajstić information content (AvgIpc) is 2.99. The normalized spacial score (nSPS) is 10.9. The minimum atomic E-state index is -0.0793. The number of carbonyl (C=O) groups is 1. The number of rotatable bonds is 5. The summed E-state index contributed by atoms with van der Waals surface area (Å²) in [5, 5.41) is 12.2. The summed E-state index contributed by atoms with van der Waals surface area (Å²) >= 11 is 4.88. The standard InChI is InChI=1S/C20H21BrN4OS/c1-12-7-5-6-8-15(12)19-23-24-20(25(19)4)27-11-18(26)22-17-10-14(3)13(2)9-16(17)21/h5-10H,11H2,1-4H3,(H,22,26). The lowest BCUT2D eigenvalue weighted by atomic mass is 10.1. The van der Waals surface area contributed by atoms with E-state index in [4.69, 9.17) is 0 Å². The van der Waals surface area contributed by atoms with Crippen LogP contribution >= 0.6 is 27.7 Å². The van der Waals surface area contributed by atoms with Gasteiger partial charge < -0.3 is 9.88 Å². The van der Waals surface area contributed by atoms with Gasteiger partial charge in [-0.05, 0) is 65.5 Å². The molecule has 0 aliphatic rings. The molecule has 0 radical (unpaired) electrons. The van der Waals surface area contributed by atoms with Gasteiger partial charge in [0.25, 0.3) is 0 Å². The molecule has 1 aromatic heterocycles. The van der Waals surface area contributed by atoms with Crippen LogP contribution in [0.3, 0.4) is 0 Å². The minimum Gasteiger partial charge on any atom is -0.324 e. The van der Waals surface area contributed by atoms with Crippen LogP contribution in [-0.2, 0) is 11.8 Å². The van der Waals surface area contributed by atoms with Crippen molar-refractivity contribution >= 4 is 39.3 Å². The first-order chi connectivity index (χ1) is 12.9. The number of thioether (sulfide) groups is 1. The van der Waals surface area contributed by atoms with E-state index in [-0.39, 0.29) is 11.7 Å². The van der Waals surface area contributed by atoms with Crippen molar-refractivity contribution in [2.45, 2.75) is 25.9 Å². The van der Waals surface area contributed by atoms with Crippen molar-refractivity contribution in [2.24, 2.45) is 7.05 Å². The molecule has 0 saturated heterocycles. The third-order valence-corrected chi connectivity index (χ3v) is 6.09. The molecule has 27 heavy (non-hydrogen) atoms. The van der Waals surface area contributed by atoms with Crippen LogP contribution in [0.1, 0.15) is 16.7 Å². The van der Waals surface area contributed by atoms with Gasteiger partial charge in [-0.1, -0.05) is 36.0 Å². The summed E-state index contributed by atoms with van der Waals surface area (Å²) in [4.78, 5) is 12.4. The highest BCUT2D eigenvalue weighted by Gasteiger charge is 2.15. The fourth-order valence-electron chi connectivity index (χ4n) is 2.69. The Kier molecular flexibility index (Phi) is 6.01. The fraction of sp³-hybridized carbons (Fsp3) is 0.250. The maximum Gasteiger partial charge on any atom is 0.234 e. The van der Waals surface area contributed by atoms with Crippen molar-refractivity contribution in [3.63, 3.8) is 0 Å². The molecular formula is C20H21BrN4OS. The molecule has 1 amide bonds. The van der Waals surface area contributed by atoms with Crippen LogP contribution in [0.2, 0.25) is 0 Å². The number of hydrogen-bond donors (Lipinski definition) is 1. The van der Waals surface area contributed by atoms with Gasteiger partial charge in [0, 0.05) is 17.1 Å². The highest BCUT2D eigenvalue weighted by Crippen LogP contribution is 2.27. The minimum absolute atomic E-state index is 0.0793. The van der Waals surface area contributed by atoms with Crippen LogP contribution in [0.15, 0.2) is 46.0 Å². The lowest BCUT2D eigenvalue weighted by Gasteiger charge is -2.10. The topological polar surface area (TPSA) is 59.8 Å². The molecule has 2 aromatic carbocycles. The average molecular weight is 445 g/mol. The summed E-state index contributed by atoms with van der Waals surface area (Å²) in [6.45, 7) is 6.12. The van der Waals surface area contributed by atoms with E-state index in [9.17, 15) is 4.79 Å². The fourth-order valence-corrected chi connectivity index (χ4v) is 3.96. The maximum absolute atomic E-state index is 12.4. The molecule has 7 heteroatoms. The Labute approximate surface area is 171 Å². The summed E-state index contributed by atoms with van der Waals surface area (Å²) in [6.07, 6.45) is 0. The molecule has 0 atom stereocenters. The molecule has 5 nitrogen and oxygen atoms in total. The second kappa shape index (κ2) is 8.27. The number of benzene rings is 2. The summed E-state index contributed by atoms with van der Waals surface area (Å²) < 4.78 is 2.80. The van der Waals surface area contributed by atoms with Gasteiger partial charge in [-0.2, -0.15) is 0 Å². The molecule has 3 rings (SSSR count). The summed E-state index contributed by atoms with van der Waals surface area (Å²) in [6, 6.07) is 12.0. The number of amides is 1. The molecule has 0 unspecified atom stereocenters. The monoisotopic (exact) mass is 444 g/mol. The van der Waals surface area contributed by atoms with Gasteiger partial charge in [0.1, 0.15) is 0 Å². The third kappa shape index (κ3) is 4.42. The van der Waals surface area contributed by atoms with Crippen molar-refractivity contribution in [1.82, 2.24) is 14.8 Å². The second-order valence-corrected chi connectivity index (χ2v) is 8.23. The Balaban J connectivity index is 1.68. The number of aromatic nitrogens is 3. The molecule has 3 aromatic rings. The summed E-state index contributed by atoms with van der Waals surface area (Å²) in [7, 11) is 1.92. The van der Waals surface area contributed by atoms with Crippen molar-refractivity contribution in [3.8, 4) is 11.4 Å². The first kappa shape index (κ1) is 19.6. The van der Waals surface area contributed by atoms with Crippen molar-refractivity contribution < 1.29 is 4.79 Å². The highest BCUT2D eigenvalue weighted by molar-refractivity contribution is 9.10. The molecule has 0 aliphatic heterocycles. The lowest BCUT2D eigenvalue weighted by molar-refractivity contribution is -0.113. The van der Waals surface area contributed by atoms with Crippen LogP contribution in [0.25, 0.3) is 11.4 Å². The van der Waals surface area contributed by atoms with E-state index >= 15 is 0 Å². The van der Waals surface area contributed by atoms with Gasteiger partial charge in [0.2, 0.25) is 5.91 Å². The van der Waals surface area contributed by atoms with Crippen molar-refractivity contribution in [1.29, 1.82) is 0 Å². The van der Waals surface area contributed by atoms with Gasteiger partial charge in [0.05, 0.1) is 11.4 Å². The largest absolute Gasteiger partial charge is 0.324 e. The molecule has 0 saturated carbocycles. The molecule has 0 bridgehead atoms. The Bertz CT molecular complexity index is 1000. The Hall–Kier alpha value is -2.12. The van der Waals surface area contributed by atoms with Crippen LogP contribution in [0.4, 0.5) is 5.69 Å². The zero-order valence-corrected chi connectivity index (χ0v) is 18.1. The molecular weight excluding hydrogens is 424 g/mol. The summed E-state index contributed by atoms with van der Waals surface area (Å²) in [5.41, 5.74) is 5.28. The summed E-state index contributed by atoms with van der Waals surface area (Å²) in [5.74, 6) is 0.983. The predicted octanol–water partition coefficient (Wildman–Crippen LogP) is 4.90. The van der Waals surface area contributed by atoms with E-state index < -0.39 is 0 Å². The van der Waals surface area contributed by atoms with Crippen LogP contribution in [-0.4, -0.2) is 26.4 Å². The highest BCUT2D eigenvalue weighted by atomic mass is 79.9. The Morgan fingerprint density at radius 2 is 1.81 bits per heavy atom. The number of nitrogens with one attached hydrogen (secondary N) is 1. The number of anilines is 1. The lowest BCUT2D eigenvalue weighted by Crippen LogP contribution is -2.15. The smallest absolute Gasteiger partial charge is 0.234 e. The number of halogens is 1. The van der Waals surface area contributed by atoms with Gasteiger partial charge in [-0.3, -0.25) is 4.79 Å². The quantitative estimate of drug-likeness (QED) is 0.568. The number of hydrogen-bond acceptors (Lipinski definition) is 4. The van der Waals surface area contributed by atoms with Crippen molar-refractivity contribution in [2.75, 3.05) is 11.1 Å². The first-order valence-corrected chi connectivity index (χ1v) is 10.3. The SMILES string of the molecule is Cc1cc(Br)c(NC(=O)CSc2nnc(-c3ccccc3C)n2C)cc1C. The molecule has 0 fully saturated rings. The predicted molar refractivity (Wildman–Crippen MR) is 114 cm³/mol. The van der Waals surface area contributed by atoms with Gasteiger partial charge in [-0.25, -0.2) is 0 Å². The molecule has 140 valence electrons. The number of nitrogens with zero attached hydrogens (tertiary/aromatic N) is 3. The van der Waals surface area contributed by atoms with E-state index in [1.807, 2.05) is 68.8 Å². The van der Waals surface area contributed by atoms with E-state index in [1.165, 1.54) is 17.3 Å². The van der Waals surface area contributed by atoms with E-state index in [2.05, 4.69) is 31.4 Å². The molecule has 0 aliphatic carbocycles. The van der Waals surface area contributed by atoms with Crippen LogP contribution in [0, 0.1) is 20.8 Å². The van der Waals surface area contributed by atoms with E-state index in [0.29, 0.717) is 5.16 Å². The maximum atomic E-state index is 12.4. The Morgan fingerprint density at radius 1 is 1.11 bits per heavy atom. The van der Waals surface area contributed by atoms with Crippen LogP contribution < -0.4 is 5.32 Å². The molecule has 0 spiro atoms. The van der Waals surface area contributed by atoms with Crippen LogP contribution in [0.5, 0.6) is 0 Å². The zero-order chi connectivity index (χ0) is 19.6. The molecule has 1 heterocycles. The van der Waals surface area contributed by atoms with Gasteiger partial charge in [0.15, 0.2) is 11.0 Å². The van der Waals surface area contributed by atoms with Crippen molar-refractivity contribution in [3.05, 3.63) is 57.6 Å². The van der Waals surface area contributed by atoms with Gasteiger partial charge in [-0.15, -0.1) is 10.2 Å². The third-order valence-electron chi connectivity index (χ3n) is 4.41.